The third-order valence-electron chi connectivity index (χ3n) is 3.41. The van der Waals surface area contributed by atoms with E-state index in [4.69, 9.17) is 0 Å². The third-order valence-corrected chi connectivity index (χ3v) is 3.41. The molecule has 0 aliphatic heterocycles. The van der Waals surface area contributed by atoms with Crippen LogP contribution in [0.2, 0.25) is 0 Å². The van der Waals surface area contributed by atoms with Crippen LogP contribution in [-0.2, 0) is 0 Å². The van der Waals surface area contributed by atoms with E-state index in [1.807, 2.05) is 24.3 Å². The summed E-state index contributed by atoms with van der Waals surface area (Å²) in [7, 11) is 0. The lowest BCUT2D eigenvalue weighted by Crippen LogP contribution is -2.10. The molecule has 102 valence electrons. The number of nitrogens with one attached hydrogen (secondary N) is 2. The molecule has 0 fully saturated rings. The van der Waals surface area contributed by atoms with Crippen molar-refractivity contribution in [3.8, 4) is 17.1 Å². The highest BCUT2D eigenvalue weighted by atomic mass is 16.3. The van der Waals surface area contributed by atoms with Gasteiger partial charge in [0.25, 0.3) is 5.56 Å². The van der Waals surface area contributed by atoms with Crippen LogP contribution in [0.25, 0.3) is 33.3 Å². The molecule has 0 aliphatic carbocycles. The van der Waals surface area contributed by atoms with Gasteiger partial charge in [-0.05, 0) is 18.2 Å². The van der Waals surface area contributed by atoms with Crippen molar-refractivity contribution in [1.82, 2.24) is 19.9 Å². The zero-order chi connectivity index (χ0) is 14.4. The number of benzene rings is 1. The van der Waals surface area contributed by atoms with Gasteiger partial charge in [0.15, 0.2) is 0 Å². The van der Waals surface area contributed by atoms with Gasteiger partial charge in [-0.25, -0.2) is 4.98 Å². The number of hydrogen-bond donors (Lipinski definition) is 3. The van der Waals surface area contributed by atoms with Crippen molar-refractivity contribution in [3.63, 3.8) is 0 Å². The Morgan fingerprint density at radius 1 is 1.05 bits per heavy atom. The number of aromatic hydroxyl groups is 1. The van der Waals surface area contributed by atoms with E-state index in [1.54, 1.807) is 12.3 Å². The first-order valence-electron chi connectivity index (χ1n) is 6.38. The van der Waals surface area contributed by atoms with E-state index in [-0.39, 0.29) is 11.3 Å². The molecule has 21 heavy (non-hydrogen) atoms. The highest BCUT2D eigenvalue weighted by molar-refractivity contribution is 5.91. The van der Waals surface area contributed by atoms with Crippen molar-refractivity contribution >= 4 is 21.9 Å². The maximum atomic E-state index is 12.2. The molecular weight excluding hydrogens is 268 g/mol. The number of fused-ring (bicyclic) bond motifs is 2. The van der Waals surface area contributed by atoms with E-state index in [0.29, 0.717) is 16.7 Å². The maximum Gasteiger partial charge on any atom is 0.263 e. The minimum atomic E-state index is -0.410. The zero-order valence-corrected chi connectivity index (χ0v) is 10.8. The molecule has 0 aliphatic rings. The number of rotatable bonds is 1. The second-order valence-electron chi connectivity index (χ2n) is 4.70. The summed E-state index contributed by atoms with van der Waals surface area (Å²) in [5, 5.41) is 10.9. The number of imidazole rings is 1. The Morgan fingerprint density at radius 2 is 1.90 bits per heavy atom. The number of aromatic nitrogens is 4. The quantitative estimate of drug-likeness (QED) is 0.497. The summed E-state index contributed by atoms with van der Waals surface area (Å²) in [4.78, 5) is 26.3. The van der Waals surface area contributed by atoms with Crippen LogP contribution < -0.4 is 5.56 Å². The molecule has 3 aromatic heterocycles. The van der Waals surface area contributed by atoms with Gasteiger partial charge in [-0.1, -0.05) is 12.1 Å². The monoisotopic (exact) mass is 278 g/mol. The molecule has 6 heteroatoms. The van der Waals surface area contributed by atoms with Gasteiger partial charge in [0, 0.05) is 11.6 Å². The molecule has 0 radical (unpaired) electrons. The third kappa shape index (κ3) is 1.69. The minimum absolute atomic E-state index is 0.102. The molecule has 1 aromatic carbocycles. The number of pyridine rings is 2. The van der Waals surface area contributed by atoms with Gasteiger partial charge >= 0.3 is 0 Å². The number of hydrogen-bond acceptors (Lipinski definition) is 4. The lowest BCUT2D eigenvalue weighted by molar-refractivity contribution is 0.482. The summed E-state index contributed by atoms with van der Waals surface area (Å²) in [5.41, 5.74) is 1.75. The average molecular weight is 278 g/mol. The molecule has 4 aromatic rings. The van der Waals surface area contributed by atoms with Gasteiger partial charge < -0.3 is 15.1 Å². The van der Waals surface area contributed by atoms with E-state index >= 15 is 0 Å². The van der Waals surface area contributed by atoms with Gasteiger partial charge in [0.05, 0.1) is 22.7 Å². The van der Waals surface area contributed by atoms with Crippen LogP contribution in [-0.4, -0.2) is 25.0 Å². The summed E-state index contributed by atoms with van der Waals surface area (Å²) in [6.45, 7) is 0. The second-order valence-corrected chi connectivity index (χ2v) is 4.70. The van der Waals surface area contributed by atoms with E-state index in [0.717, 1.165) is 11.0 Å². The first kappa shape index (κ1) is 11.7. The van der Waals surface area contributed by atoms with Gasteiger partial charge in [0.1, 0.15) is 17.1 Å². The summed E-state index contributed by atoms with van der Waals surface area (Å²) < 4.78 is 0. The van der Waals surface area contributed by atoms with Gasteiger partial charge in [-0.3, -0.25) is 9.78 Å². The summed E-state index contributed by atoms with van der Waals surface area (Å²) in [6.07, 6.45) is 3.06. The summed E-state index contributed by atoms with van der Waals surface area (Å²) >= 11 is 0. The molecule has 4 rings (SSSR count). The number of nitrogens with zero attached hydrogens (tertiary/aromatic N) is 2. The highest BCUT2D eigenvalue weighted by Gasteiger charge is 2.17. The normalized spacial score (nSPS) is 11.2. The van der Waals surface area contributed by atoms with Crippen LogP contribution in [0.1, 0.15) is 0 Å². The van der Waals surface area contributed by atoms with Crippen molar-refractivity contribution in [2.75, 3.05) is 0 Å². The maximum absolute atomic E-state index is 12.2. The van der Waals surface area contributed by atoms with E-state index < -0.39 is 5.56 Å². The molecule has 0 saturated carbocycles. The highest BCUT2D eigenvalue weighted by Crippen LogP contribution is 2.30. The summed E-state index contributed by atoms with van der Waals surface area (Å²) in [5.74, 6) is 0.240. The fraction of sp³-hybridized carbons (Fsp3) is 0. The largest absolute Gasteiger partial charge is 0.506 e. The number of H-pyrrole nitrogens is 2. The van der Waals surface area contributed by atoms with Crippen LogP contribution in [0.15, 0.2) is 47.5 Å². The minimum Gasteiger partial charge on any atom is -0.506 e. The standard InChI is InChI=1S/C15H10N4O2/c20-13-8-5-6-16-7-11(8)19-15(21)12(13)14-17-9-3-1-2-4-10(9)18-14/h1-7H,(H,17,18)(H2,19,20,21). The Kier molecular flexibility index (Phi) is 2.32. The molecule has 0 amide bonds. The molecular formula is C15H10N4O2. The van der Waals surface area contributed by atoms with Crippen molar-refractivity contribution in [2.45, 2.75) is 0 Å². The van der Waals surface area contributed by atoms with Crippen LogP contribution in [0.3, 0.4) is 0 Å². The smallest absolute Gasteiger partial charge is 0.263 e. The number of aromatic amines is 2. The predicted molar refractivity (Wildman–Crippen MR) is 79.1 cm³/mol. The second kappa shape index (κ2) is 4.17. The van der Waals surface area contributed by atoms with Crippen molar-refractivity contribution < 1.29 is 5.11 Å². The lowest BCUT2D eigenvalue weighted by atomic mass is 10.1. The topological polar surface area (TPSA) is 94.7 Å². The first-order valence-corrected chi connectivity index (χ1v) is 6.38. The van der Waals surface area contributed by atoms with Crippen molar-refractivity contribution in [3.05, 3.63) is 53.1 Å². The van der Waals surface area contributed by atoms with Crippen molar-refractivity contribution in [1.29, 1.82) is 0 Å². The van der Waals surface area contributed by atoms with Gasteiger partial charge in [0.2, 0.25) is 0 Å². The SMILES string of the molecule is O=c1[nH]c2cnccc2c(O)c1-c1nc2ccccc2[nH]1. The molecule has 0 atom stereocenters. The van der Waals surface area contributed by atoms with Crippen LogP contribution in [0.5, 0.6) is 5.75 Å². The Hall–Kier alpha value is -3.15. The molecule has 0 saturated heterocycles. The fourth-order valence-electron chi connectivity index (χ4n) is 2.42. The Labute approximate surface area is 118 Å². The van der Waals surface area contributed by atoms with Crippen LogP contribution in [0.4, 0.5) is 0 Å². The number of para-hydroxylation sites is 2. The molecule has 0 bridgehead atoms. The van der Waals surface area contributed by atoms with Gasteiger partial charge in [-0.15, -0.1) is 0 Å². The molecule has 6 nitrogen and oxygen atoms in total. The Bertz CT molecular complexity index is 1000. The van der Waals surface area contributed by atoms with Crippen LogP contribution >= 0.6 is 0 Å². The Morgan fingerprint density at radius 3 is 2.76 bits per heavy atom. The first-order chi connectivity index (χ1) is 10.2. The van der Waals surface area contributed by atoms with Crippen LogP contribution in [0, 0.1) is 0 Å². The molecule has 0 spiro atoms. The lowest BCUT2D eigenvalue weighted by Gasteiger charge is -2.04. The van der Waals surface area contributed by atoms with E-state index in [2.05, 4.69) is 19.9 Å². The van der Waals surface area contributed by atoms with E-state index in [1.165, 1.54) is 6.20 Å². The zero-order valence-electron chi connectivity index (χ0n) is 10.8. The fourth-order valence-corrected chi connectivity index (χ4v) is 2.42. The van der Waals surface area contributed by atoms with E-state index in [9.17, 15) is 9.90 Å². The molecule has 3 N–H and O–H groups in total. The van der Waals surface area contributed by atoms with Gasteiger partial charge in [-0.2, -0.15) is 0 Å². The molecule has 3 heterocycles. The predicted octanol–water partition coefficient (Wildman–Crippen LogP) is 2.17. The average Bonchev–Trinajstić information content (AvgIpc) is 2.90. The summed E-state index contributed by atoms with van der Waals surface area (Å²) in [6, 6.07) is 9.09. The molecule has 0 unspecified atom stereocenters. The van der Waals surface area contributed by atoms with Crippen molar-refractivity contribution in [2.24, 2.45) is 0 Å². The Balaban J connectivity index is 2.08.